The Labute approximate surface area is 87.4 Å². The molecule has 0 aliphatic carbocycles. The van der Waals surface area contributed by atoms with Gasteiger partial charge in [-0.25, -0.2) is 4.79 Å². The standard InChI is InChI=1S/C10H12N2O3/c1-7(12-14)8-4-3-5-9(6-8)11-10(13)15-2/h3-6,14H,1-2H3,(H,11,13)/b12-7+. The first kappa shape index (κ1) is 11.0. The lowest BCUT2D eigenvalue weighted by Crippen LogP contribution is -2.11. The van der Waals surface area contributed by atoms with E-state index in [9.17, 15) is 4.79 Å². The van der Waals surface area contributed by atoms with E-state index >= 15 is 0 Å². The molecule has 0 heterocycles. The van der Waals surface area contributed by atoms with Gasteiger partial charge in [0.2, 0.25) is 0 Å². The summed E-state index contributed by atoms with van der Waals surface area (Å²) in [5.74, 6) is 0. The maximum Gasteiger partial charge on any atom is 0.411 e. The lowest BCUT2D eigenvalue weighted by molar-refractivity contribution is 0.187. The highest BCUT2D eigenvalue weighted by Gasteiger charge is 2.02. The van der Waals surface area contributed by atoms with Gasteiger partial charge in [0.1, 0.15) is 0 Å². The van der Waals surface area contributed by atoms with Crippen LogP contribution in [0.3, 0.4) is 0 Å². The van der Waals surface area contributed by atoms with Crippen LogP contribution in [0.2, 0.25) is 0 Å². The number of amides is 1. The number of anilines is 1. The second kappa shape index (κ2) is 4.99. The molecule has 2 N–H and O–H groups in total. The molecule has 5 heteroatoms. The first-order chi connectivity index (χ1) is 7.17. The van der Waals surface area contributed by atoms with Crippen molar-refractivity contribution in [3.05, 3.63) is 29.8 Å². The van der Waals surface area contributed by atoms with E-state index in [0.717, 1.165) is 5.56 Å². The summed E-state index contributed by atoms with van der Waals surface area (Å²) in [6.07, 6.45) is -0.536. The number of hydrogen-bond donors (Lipinski definition) is 2. The van der Waals surface area contributed by atoms with Crippen molar-refractivity contribution in [2.75, 3.05) is 12.4 Å². The van der Waals surface area contributed by atoms with Gasteiger partial charge in [0.25, 0.3) is 0 Å². The topological polar surface area (TPSA) is 70.9 Å². The summed E-state index contributed by atoms with van der Waals surface area (Å²) in [4.78, 5) is 10.9. The van der Waals surface area contributed by atoms with E-state index in [1.54, 1.807) is 31.2 Å². The first-order valence-corrected chi connectivity index (χ1v) is 4.31. The Bertz CT molecular complexity index is 388. The van der Waals surface area contributed by atoms with Gasteiger partial charge < -0.3 is 9.94 Å². The molecule has 15 heavy (non-hydrogen) atoms. The zero-order valence-electron chi connectivity index (χ0n) is 8.52. The van der Waals surface area contributed by atoms with Gasteiger partial charge in [0.15, 0.2) is 0 Å². The summed E-state index contributed by atoms with van der Waals surface area (Å²) in [6, 6.07) is 6.92. The monoisotopic (exact) mass is 208 g/mol. The van der Waals surface area contributed by atoms with E-state index < -0.39 is 6.09 Å². The van der Waals surface area contributed by atoms with Crippen LogP contribution in [-0.4, -0.2) is 24.1 Å². The van der Waals surface area contributed by atoms with E-state index in [1.807, 2.05) is 0 Å². The Morgan fingerprint density at radius 3 is 2.87 bits per heavy atom. The molecule has 0 aromatic heterocycles. The van der Waals surface area contributed by atoms with Crippen molar-refractivity contribution in [3.8, 4) is 0 Å². The van der Waals surface area contributed by atoms with Gasteiger partial charge in [-0.15, -0.1) is 0 Å². The highest BCUT2D eigenvalue weighted by Crippen LogP contribution is 2.11. The van der Waals surface area contributed by atoms with Crippen LogP contribution < -0.4 is 5.32 Å². The molecule has 0 radical (unpaired) electrons. The summed E-state index contributed by atoms with van der Waals surface area (Å²) < 4.78 is 4.45. The Morgan fingerprint density at radius 1 is 1.53 bits per heavy atom. The van der Waals surface area contributed by atoms with E-state index in [1.165, 1.54) is 7.11 Å². The molecule has 1 rings (SSSR count). The fourth-order valence-electron chi connectivity index (χ4n) is 1.05. The minimum absolute atomic E-state index is 0.475. The van der Waals surface area contributed by atoms with Crippen LogP contribution in [0.5, 0.6) is 0 Å². The van der Waals surface area contributed by atoms with Crippen LogP contribution in [0.4, 0.5) is 10.5 Å². The Balaban J connectivity index is 2.88. The van der Waals surface area contributed by atoms with E-state index in [-0.39, 0.29) is 0 Å². The molecule has 0 atom stereocenters. The third-order valence-corrected chi connectivity index (χ3v) is 1.86. The number of carbonyl (C=O) groups is 1. The summed E-state index contributed by atoms with van der Waals surface area (Å²) in [7, 11) is 1.29. The molecule has 0 bridgehead atoms. The van der Waals surface area contributed by atoms with Gasteiger partial charge >= 0.3 is 6.09 Å². The Hall–Kier alpha value is -2.04. The summed E-state index contributed by atoms with van der Waals surface area (Å²) in [5, 5.41) is 14.2. The fraction of sp³-hybridized carbons (Fsp3) is 0.200. The summed E-state index contributed by atoms with van der Waals surface area (Å²) in [5.41, 5.74) is 1.79. The SMILES string of the molecule is COC(=O)Nc1cccc(/C(C)=N/O)c1. The molecule has 0 fully saturated rings. The third kappa shape index (κ3) is 2.98. The lowest BCUT2D eigenvalue weighted by Gasteiger charge is -2.05. The quantitative estimate of drug-likeness (QED) is 0.444. The molecule has 0 aliphatic heterocycles. The average molecular weight is 208 g/mol. The molecule has 1 aromatic rings. The molecule has 0 saturated heterocycles. The first-order valence-electron chi connectivity index (χ1n) is 4.31. The van der Waals surface area contributed by atoms with Crippen LogP contribution in [0, 0.1) is 0 Å². The van der Waals surface area contributed by atoms with E-state index in [4.69, 9.17) is 5.21 Å². The van der Waals surface area contributed by atoms with Crippen molar-refractivity contribution < 1.29 is 14.7 Å². The second-order valence-electron chi connectivity index (χ2n) is 2.88. The van der Waals surface area contributed by atoms with Gasteiger partial charge in [0.05, 0.1) is 12.8 Å². The molecule has 1 amide bonds. The number of benzene rings is 1. The molecule has 80 valence electrons. The Morgan fingerprint density at radius 2 is 2.27 bits per heavy atom. The van der Waals surface area contributed by atoms with E-state index in [0.29, 0.717) is 11.4 Å². The maximum absolute atomic E-state index is 10.9. The summed E-state index contributed by atoms with van der Waals surface area (Å²) in [6.45, 7) is 1.66. The number of nitrogens with zero attached hydrogens (tertiary/aromatic N) is 1. The molecule has 1 aromatic carbocycles. The van der Waals surface area contributed by atoms with Crippen molar-refractivity contribution in [3.63, 3.8) is 0 Å². The number of ether oxygens (including phenoxy) is 1. The van der Waals surface area contributed by atoms with Crippen molar-refractivity contribution in [1.82, 2.24) is 0 Å². The average Bonchev–Trinajstić information content (AvgIpc) is 2.28. The van der Waals surface area contributed by atoms with Gasteiger partial charge in [0, 0.05) is 11.3 Å². The van der Waals surface area contributed by atoms with Crippen molar-refractivity contribution in [1.29, 1.82) is 0 Å². The van der Waals surface area contributed by atoms with Crippen LogP contribution in [0.15, 0.2) is 29.4 Å². The van der Waals surface area contributed by atoms with Crippen molar-refractivity contribution >= 4 is 17.5 Å². The van der Waals surface area contributed by atoms with Crippen LogP contribution in [0.25, 0.3) is 0 Å². The number of rotatable bonds is 2. The highest BCUT2D eigenvalue weighted by atomic mass is 16.5. The van der Waals surface area contributed by atoms with Crippen LogP contribution in [0.1, 0.15) is 12.5 Å². The smallest absolute Gasteiger partial charge is 0.411 e. The number of carbonyl (C=O) groups excluding carboxylic acids is 1. The molecule has 0 unspecified atom stereocenters. The van der Waals surface area contributed by atoms with E-state index in [2.05, 4.69) is 15.2 Å². The molecule has 0 aliphatic rings. The van der Waals surface area contributed by atoms with Crippen LogP contribution >= 0.6 is 0 Å². The predicted molar refractivity (Wildman–Crippen MR) is 56.5 cm³/mol. The lowest BCUT2D eigenvalue weighted by atomic mass is 10.1. The van der Waals surface area contributed by atoms with Gasteiger partial charge in [-0.3, -0.25) is 5.32 Å². The minimum atomic E-state index is -0.536. The highest BCUT2D eigenvalue weighted by molar-refractivity contribution is 5.99. The minimum Gasteiger partial charge on any atom is -0.453 e. The normalized spacial score (nSPS) is 10.9. The molecular formula is C10H12N2O3. The zero-order valence-corrected chi connectivity index (χ0v) is 8.52. The largest absolute Gasteiger partial charge is 0.453 e. The van der Waals surface area contributed by atoms with Crippen LogP contribution in [-0.2, 0) is 4.74 Å². The van der Waals surface area contributed by atoms with Gasteiger partial charge in [-0.2, -0.15) is 0 Å². The van der Waals surface area contributed by atoms with Gasteiger partial charge in [-0.05, 0) is 19.1 Å². The molecular weight excluding hydrogens is 196 g/mol. The fourth-order valence-corrected chi connectivity index (χ4v) is 1.05. The second-order valence-corrected chi connectivity index (χ2v) is 2.88. The molecule has 0 spiro atoms. The predicted octanol–water partition coefficient (Wildman–Crippen LogP) is 2.06. The number of oxime groups is 1. The third-order valence-electron chi connectivity index (χ3n) is 1.86. The van der Waals surface area contributed by atoms with Gasteiger partial charge in [-0.1, -0.05) is 17.3 Å². The zero-order chi connectivity index (χ0) is 11.3. The molecule has 5 nitrogen and oxygen atoms in total. The van der Waals surface area contributed by atoms with Crippen molar-refractivity contribution in [2.24, 2.45) is 5.16 Å². The summed E-state index contributed by atoms with van der Waals surface area (Å²) >= 11 is 0. The van der Waals surface area contributed by atoms with Crippen molar-refractivity contribution in [2.45, 2.75) is 6.92 Å². The number of hydrogen-bond acceptors (Lipinski definition) is 4. The maximum atomic E-state index is 10.9. The number of methoxy groups -OCH3 is 1. The molecule has 0 saturated carbocycles. The Kier molecular flexibility index (Phi) is 3.68. The number of nitrogens with one attached hydrogen (secondary N) is 1.